The van der Waals surface area contributed by atoms with Gasteiger partial charge in [-0.25, -0.2) is 4.39 Å². The zero-order chi connectivity index (χ0) is 12.7. The van der Waals surface area contributed by atoms with E-state index in [-0.39, 0.29) is 6.61 Å². The largest absolute Gasteiger partial charge is 0.381 e. The van der Waals surface area contributed by atoms with Gasteiger partial charge in [0.15, 0.2) is 0 Å². The molecule has 0 saturated heterocycles. The van der Waals surface area contributed by atoms with Crippen LogP contribution in [0.3, 0.4) is 0 Å². The lowest BCUT2D eigenvalue weighted by Gasteiger charge is -2.24. The van der Waals surface area contributed by atoms with Crippen molar-refractivity contribution in [3.8, 4) is 0 Å². The molecule has 0 fully saturated rings. The van der Waals surface area contributed by atoms with Crippen molar-refractivity contribution in [1.82, 2.24) is 0 Å². The highest BCUT2D eigenvalue weighted by Gasteiger charge is 2.29. The normalized spacial score (nSPS) is 14.6. The quantitative estimate of drug-likeness (QED) is 0.794. The summed E-state index contributed by atoms with van der Waals surface area (Å²) in [5, 5.41) is 0. The van der Waals surface area contributed by atoms with Crippen LogP contribution in [0.25, 0.3) is 0 Å². The maximum atomic E-state index is 14.6. The SMILES string of the molecule is COCC(F)(CCCN)Cc1cccc(C)c1. The van der Waals surface area contributed by atoms with Crippen molar-refractivity contribution < 1.29 is 9.13 Å². The van der Waals surface area contributed by atoms with Gasteiger partial charge in [-0.05, 0) is 31.9 Å². The number of methoxy groups -OCH3 is 1. The van der Waals surface area contributed by atoms with Gasteiger partial charge in [-0.2, -0.15) is 0 Å². The fraction of sp³-hybridized carbons (Fsp3) is 0.571. The van der Waals surface area contributed by atoms with Gasteiger partial charge in [-0.15, -0.1) is 0 Å². The van der Waals surface area contributed by atoms with Crippen molar-refractivity contribution in [3.05, 3.63) is 35.4 Å². The highest BCUT2D eigenvalue weighted by molar-refractivity contribution is 5.23. The number of alkyl halides is 1. The van der Waals surface area contributed by atoms with E-state index in [2.05, 4.69) is 0 Å². The van der Waals surface area contributed by atoms with Crippen molar-refractivity contribution in [3.63, 3.8) is 0 Å². The lowest BCUT2D eigenvalue weighted by atomic mass is 9.92. The molecule has 1 aromatic rings. The Labute approximate surface area is 103 Å². The molecule has 0 aliphatic carbocycles. The monoisotopic (exact) mass is 239 g/mol. The predicted molar refractivity (Wildman–Crippen MR) is 68.9 cm³/mol. The number of nitrogens with two attached hydrogens (primary N) is 1. The van der Waals surface area contributed by atoms with E-state index in [1.807, 2.05) is 31.2 Å². The number of benzene rings is 1. The summed E-state index contributed by atoms with van der Waals surface area (Å²) >= 11 is 0. The van der Waals surface area contributed by atoms with Crippen LogP contribution >= 0.6 is 0 Å². The summed E-state index contributed by atoms with van der Waals surface area (Å²) in [6.07, 6.45) is 1.53. The average Bonchev–Trinajstić information content (AvgIpc) is 2.27. The van der Waals surface area contributed by atoms with Gasteiger partial charge in [0.1, 0.15) is 5.67 Å². The van der Waals surface area contributed by atoms with Gasteiger partial charge >= 0.3 is 0 Å². The Balaban J connectivity index is 2.71. The minimum Gasteiger partial charge on any atom is -0.381 e. The second-order valence-electron chi connectivity index (χ2n) is 4.64. The Morgan fingerprint density at radius 1 is 1.41 bits per heavy atom. The number of hydrogen-bond donors (Lipinski definition) is 1. The number of aryl methyl sites for hydroxylation is 1. The first-order chi connectivity index (χ1) is 8.09. The molecule has 1 unspecified atom stereocenters. The smallest absolute Gasteiger partial charge is 0.138 e. The molecule has 17 heavy (non-hydrogen) atoms. The van der Waals surface area contributed by atoms with Gasteiger partial charge in [-0.1, -0.05) is 29.8 Å². The molecular weight excluding hydrogens is 217 g/mol. The lowest BCUT2D eigenvalue weighted by Crippen LogP contribution is -2.32. The van der Waals surface area contributed by atoms with Crippen LogP contribution in [0.2, 0.25) is 0 Å². The maximum absolute atomic E-state index is 14.6. The first-order valence-electron chi connectivity index (χ1n) is 6.03. The number of ether oxygens (including phenoxy) is 1. The lowest BCUT2D eigenvalue weighted by molar-refractivity contribution is 0.0334. The summed E-state index contributed by atoms with van der Waals surface area (Å²) in [7, 11) is 1.53. The first-order valence-corrected chi connectivity index (χ1v) is 6.03. The number of hydrogen-bond acceptors (Lipinski definition) is 2. The molecule has 0 heterocycles. The van der Waals surface area contributed by atoms with E-state index in [0.717, 1.165) is 11.1 Å². The second kappa shape index (κ2) is 6.72. The zero-order valence-electron chi connectivity index (χ0n) is 10.7. The second-order valence-corrected chi connectivity index (χ2v) is 4.64. The first kappa shape index (κ1) is 14.1. The van der Waals surface area contributed by atoms with Gasteiger partial charge in [0.05, 0.1) is 6.61 Å². The van der Waals surface area contributed by atoms with Crippen LogP contribution in [-0.2, 0) is 11.2 Å². The Kier molecular flexibility index (Phi) is 5.59. The molecule has 0 aromatic heterocycles. The maximum Gasteiger partial charge on any atom is 0.138 e. The molecule has 2 N–H and O–H groups in total. The third kappa shape index (κ3) is 4.84. The number of rotatable bonds is 7. The molecule has 0 saturated carbocycles. The number of halogens is 1. The zero-order valence-corrected chi connectivity index (χ0v) is 10.7. The molecule has 0 bridgehead atoms. The Morgan fingerprint density at radius 3 is 2.76 bits per heavy atom. The van der Waals surface area contributed by atoms with E-state index in [1.165, 1.54) is 7.11 Å². The molecule has 1 aromatic carbocycles. The van der Waals surface area contributed by atoms with Gasteiger partial charge < -0.3 is 10.5 Å². The van der Waals surface area contributed by atoms with Crippen molar-refractivity contribution in [2.45, 2.75) is 31.9 Å². The van der Waals surface area contributed by atoms with Gasteiger partial charge in [0.2, 0.25) is 0 Å². The summed E-state index contributed by atoms with van der Waals surface area (Å²) in [5.41, 5.74) is 6.31. The summed E-state index contributed by atoms with van der Waals surface area (Å²) < 4.78 is 19.6. The van der Waals surface area contributed by atoms with Crippen LogP contribution < -0.4 is 5.73 Å². The highest BCUT2D eigenvalue weighted by atomic mass is 19.1. The summed E-state index contributed by atoms with van der Waals surface area (Å²) in [6, 6.07) is 7.95. The Bertz CT molecular complexity index is 343. The van der Waals surface area contributed by atoms with E-state index in [0.29, 0.717) is 25.8 Å². The third-order valence-corrected chi connectivity index (χ3v) is 2.84. The Hall–Kier alpha value is -0.930. The van der Waals surface area contributed by atoms with E-state index >= 15 is 0 Å². The van der Waals surface area contributed by atoms with Crippen LogP contribution in [0.4, 0.5) is 4.39 Å². The molecule has 0 aliphatic heterocycles. The van der Waals surface area contributed by atoms with Gasteiger partial charge in [-0.3, -0.25) is 0 Å². The predicted octanol–water partition coefficient (Wildman–Crippen LogP) is 2.63. The average molecular weight is 239 g/mol. The van der Waals surface area contributed by atoms with Gasteiger partial charge in [0.25, 0.3) is 0 Å². The third-order valence-electron chi connectivity index (χ3n) is 2.84. The van der Waals surface area contributed by atoms with Crippen LogP contribution in [0.1, 0.15) is 24.0 Å². The van der Waals surface area contributed by atoms with E-state index in [9.17, 15) is 4.39 Å². The van der Waals surface area contributed by atoms with Crippen LogP contribution in [0.5, 0.6) is 0 Å². The van der Waals surface area contributed by atoms with Crippen molar-refractivity contribution in [2.75, 3.05) is 20.3 Å². The molecular formula is C14H22FNO. The fourth-order valence-electron chi connectivity index (χ4n) is 2.08. The summed E-state index contributed by atoms with van der Waals surface area (Å²) in [4.78, 5) is 0. The molecule has 96 valence electrons. The van der Waals surface area contributed by atoms with Crippen LogP contribution in [0, 0.1) is 6.92 Å². The standard InChI is InChI=1S/C14H22FNO/c1-12-5-3-6-13(9-12)10-14(15,11-17-2)7-4-8-16/h3,5-6,9H,4,7-8,10-11,16H2,1-2H3. The van der Waals surface area contributed by atoms with Crippen LogP contribution in [0.15, 0.2) is 24.3 Å². The molecule has 0 amide bonds. The van der Waals surface area contributed by atoms with Crippen molar-refractivity contribution >= 4 is 0 Å². The van der Waals surface area contributed by atoms with Crippen LogP contribution in [-0.4, -0.2) is 25.9 Å². The van der Waals surface area contributed by atoms with Crippen molar-refractivity contribution in [2.24, 2.45) is 5.73 Å². The van der Waals surface area contributed by atoms with E-state index in [4.69, 9.17) is 10.5 Å². The molecule has 1 rings (SSSR count). The van der Waals surface area contributed by atoms with E-state index in [1.54, 1.807) is 0 Å². The summed E-state index contributed by atoms with van der Waals surface area (Å²) in [5.74, 6) is 0. The molecule has 1 atom stereocenters. The minimum absolute atomic E-state index is 0.126. The van der Waals surface area contributed by atoms with Crippen molar-refractivity contribution in [1.29, 1.82) is 0 Å². The molecule has 3 heteroatoms. The Morgan fingerprint density at radius 2 is 2.18 bits per heavy atom. The highest BCUT2D eigenvalue weighted by Crippen LogP contribution is 2.24. The summed E-state index contributed by atoms with van der Waals surface area (Å²) in [6.45, 7) is 2.66. The molecule has 0 spiro atoms. The van der Waals surface area contributed by atoms with E-state index < -0.39 is 5.67 Å². The van der Waals surface area contributed by atoms with Gasteiger partial charge in [0, 0.05) is 13.5 Å². The molecule has 2 nitrogen and oxygen atoms in total. The topological polar surface area (TPSA) is 35.2 Å². The fourth-order valence-corrected chi connectivity index (χ4v) is 2.08. The molecule has 0 radical (unpaired) electrons. The minimum atomic E-state index is -1.30. The molecule has 0 aliphatic rings.